The van der Waals surface area contributed by atoms with Gasteiger partial charge in [0.05, 0.1) is 25.1 Å². The quantitative estimate of drug-likeness (QED) is 0.862. The molecule has 0 aromatic carbocycles. The summed E-state index contributed by atoms with van der Waals surface area (Å²) in [6.45, 7) is 5.78. The second kappa shape index (κ2) is 6.47. The number of sulfonamides is 1. The van der Waals surface area contributed by atoms with Gasteiger partial charge in [-0.3, -0.25) is 0 Å². The zero-order valence-corrected chi connectivity index (χ0v) is 12.6. The van der Waals surface area contributed by atoms with Crippen molar-refractivity contribution in [3.8, 4) is 0 Å². The molecular formula is C12H20N4O3S. The normalized spacial score (nSPS) is 20.8. The number of rotatable bonds is 5. The average molecular weight is 300 g/mol. The number of nitrogens with one attached hydrogen (secondary N) is 1. The molecule has 2 heterocycles. The monoisotopic (exact) mass is 300 g/mol. The zero-order valence-electron chi connectivity index (χ0n) is 11.7. The third kappa shape index (κ3) is 3.44. The maximum absolute atomic E-state index is 12.4. The number of nitrogens with zero attached hydrogens (tertiary/aromatic N) is 3. The topological polar surface area (TPSA) is 84.4 Å². The van der Waals surface area contributed by atoms with Crippen LogP contribution in [0.5, 0.6) is 0 Å². The fourth-order valence-corrected chi connectivity index (χ4v) is 3.32. The molecule has 0 radical (unpaired) electrons. The highest BCUT2D eigenvalue weighted by atomic mass is 32.2. The van der Waals surface area contributed by atoms with Crippen LogP contribution in [0, 0.1) is 0 Å². The lowest BCUT2D eigenvalue weighted by Gasteiger charge is -2.30. The van der Waals surface area contributed by atoms with Crippen molar-refractivity contribution in [1.82, 2.24) is 14.3 Å². The van der Waals surface area contributed by atoms with Crippen LogP contribution in [0.1, 0.15) is 20.3 Å². The first-order chi connectivity index (χ1) is 9.54. The van der Waals surface area contributed by atoms with Gasteiger partial charge in [0.15, 0.2) is 0 Å². The third-order valence-electron chi connectivity index (χ3n) is 3.00. The maximum atomic E-state index is 12.4. The molecule has 7 nitrogen and oxygen atoms in total. The summed E-state index contributed by atoms with van der Waals surface area (Å²) in [6.07, 6.45) is 3.56. The average Bonchev–Trinajstić information content (AvgIpc) is 2.45. The Kier molecular flexibility index (Phi) is 4.90. The van der Waals surface area contributed by atoms with E-state index in [1.165, 1.54) is 16.7 Å². The highest BCUT2D eigenvalue weighted by molar-refractivity contribution is 7.89. The van der Waals surface area contributed by atoms with E-state index in [0.29, 0.717) is 25.6 Å². The van der Waals surface area contributed by atoms with Gasteiger partial charge in [-0.1, -0.05) is 6.92 Å². The summed E-state index contributed by atoms with van der Waals surface area (Å²) >= 11 is 0. The fraction of sp³-hybridized carbons (Fsp3) is 0.667. The molecule has 0 aliphatic carbocycles. The molecule has 1 aliphatic heterocycles. The van der Waals surface area contributed by atoms with E-state index in [-0.39, 0.29) is 11.0 Å². The largest absolute Gasteiger partial charge is 0.376 e. The molecule has 1 fully saturated rings. The Balaban J connectivity index is 2.12. The number of morpholine rings is 1. The van der Waals surface area contributed by atoms with E-state index < -0.39 is 10.0 Å². The Morgan fingerprint density at radius 1 is 1.45 bits per heavy atom. The van der Waals surface area contributed by atoms with Crippen LogP contribution >= 0.6 is 0 Å². The van der Waals surface area contributed by atoms with E-state index in [0.717, 1.165) is 13.0 Å². The first kappa shape index (κ1) is 15.1. The zero-order chi connectivity index (χ0) is 14.6. The van der Waals surface area contributed by atoms with Gasteiger partial charge in [-0.05, 0) is 13.3 Å². The van der Waals surface area contributed by atoms with E-state index in [2.05, 4.69) is 15.3 Å². The molecule has 0 saturated carbocycles. The van der Waals surface area contributed by atoms with Crippen molar-refractivity contribution in [2.75, 3.05) is 31.6 Å². The summed E-state index contributed by atoms with van der Waals surface area (Å²) in [5.41, 5.74) is 0. The van der Waals surface area contributed by atoms with Crippen molar-refractivity contribution in [3.63, 3.8) is 0 Å². The molecule has 112 valence electrons. The van der Waals surface area contributed by atoms with Crippen LogP contribution in [0.3, 0.4) is 0 Å². The predicted molar refractivity (Wildman–Crippen MR) is 75.0 cm³/mol. The molecule has 1 saturated heterocycles. The van der Waals surface area contributed by atoms with Gasteiger partial charge in [-0.15, -0.1) is 0 Å². The smallest absolute Gasteiger partial charge is 0.246 e. The Labute approximate surface area is 119 Å². The molecule has 1 aromatic heterocycles. The summed E-state index contributed by atoms with van der Waals surface area (Å²) in [5, 5.41) is 3.01. The van der Waals surface area contributed by atoms with Gasteiger partial charge >= 0.3 is 0 Å². The SMILES string of the molecule is CCCNc1ncc(S(=O)(=O)N2CCOC(C)C2)cn1. The molecule has 8 heteroatoms. The van der Waals surface area contributed by atoms with Gasteiger partial charge in [0.1, 0.15) is 4.90 Å². The highest BCUT2D eigenvalue weighted by Gasteiger charge is 2.29. The predicted octanol–water partition coefficient (Wildman–Crippen LogP) is 0.708. The number of hydrogen-bond acceptors (Lipinski definition) is 6. The van der Waals surface area contributed by atoms with Crippen LogP contribution in [0.15, 0.2) is 17.3 Å². The van der Waals surface area contributed by atoms with Gasteiger partial charge in [-0.2, -0.15) is 4.31 Å². The first-order valence-corrected chi connectivity index (χ1v) is 8.15. The molecule has 0 amide bonds. The molecule has 1 N–H and O–H groups in total. The van der Waals surface area contributed by atoms with Crippen LogP contribution in [0.2, 0.25) is 0 Å². The summed E-state index contributed by atoms with van der Waals surface area (Å²) in [4.78, 5) is 8.19. The fourth-order valence-electron chi connectivity index (χ4n) is 1.93. The van der Waals surface area contributed by atoms with Crippen LogP contribution in [-0.4, -0.2) is 55.0 Å². The van der Waals surface area contributed by atoms with Gasteiger partial charge in [0, 0.05) is 19.6 Å². The minimum absolute atomic E-state index is 0.0927. The van der Waals surface area contributed by atoms with Gasteiger partial charge in [-0.25, -0.2) is 18.4 Å². The Morgan fingerprint density at radius 3 is 2.75 bits per heavy atom. The van der Waals surface area contributed by atoms with Crippen LogP contribution in [-0.2, 0) is 14.8 Å². The van der Waals surface area contributed by atoms with Crippen molar-refractivity contribution in [1.29, 1.82) is 0 Å². The summed E-state index contributed by atoms with van der Waals surface area (Å²) in [5.74, 6) is 0.446. The van der Waals surface area contributed by atoms with Crippen LogP contribution in [0.4, 0.5) is 5.95 Å². The van der Waals surface area contributed by atoms with Crippen molar-refractivity contribution >= 4 is 16.0 Å². The lowest BCUT2D eigenvalue weighted by atomic mass is 10.3. The molecule has 1 atom stereocenters. The Bertz CT molecular complexity index is 532. The Morgan fingerprint density at radius 2 is 2.15 bits per heavy atom. The number of anilines is 1. The van der Waals surface area contributed by atoms with Crippen molar-refractivity contribution in [3.05, 3.63) is 12.4 Å². The summed E-state index contributed by atoms with van der Waals surface area (Å²) in [7, 11) is -3.53. The van der Waals surface area contributed by atoms with Crippen molar-refractivity contribution < 1.29 is 13.2 Å². The lowest BCUT2D eigenvalue weighted by Crippen LogP contribution is -2.44. The first-order valence-electron chi connectivity index (χ1n) is 6.71. The van der Waals surface area contributed by atoms with E-state index in [1.54, 1.807) is 0 Å². The Hall–Kier alpha value is -1.25. The minimum atomic E-state index is -3.53. The highest BCUT2D eigenvalue weighted by Crippen LogP contribution is 2.17. The molecule has 2 rings (SSSR count). The molecule has 1 aromatic rings. The number of hydrogen-bond donors (Lipinski definition) is 1. The second-order valence-corrected chi connectivity index (χ2v) is 6.65. The van der Waals surface area contributed by atoms with E-state index in [4.69, 9.17) is 4.74 Å². The number of ether oxygens (including phenoxy) is 1. The molecule has 0 spiro atoms. The summed E-state index contributed by atoms with van der Waals surface area (Å²) in [6, 6.07) is 0. The van der Waals surface area contributed by atoms with Crippen molar-refractivity contribution in [2.45, 2.75) is 31.3 Å². The third-order valence-corrected chi connectivity index (χ3v) is 4.82. The maximum Gasteiger partial charge on any atom is 0.246 e. The lowest BCUT2D eigenvalue weighted by molar-refractivity contribution is 0.0102. The van der Waals surface area contributed by atoms with Crippen LogP contribution < -0.4 is 5.32 Å². The van der Waals surface area contributed by atoms with Gasteiger partial charge in [0.2, 0.25) is 16.0 Å². The second-order valence-electron chi connectivity index (χ2n) is 4.71. The molecule has 20 heavy (non-hydrogen) atoms. The minimum Gasteiger partial charge on any atom is -0.376 e. The standard InChI is InChI=1S/C12H20N4O3S/c1-3-4-13-12-14-7-11(8-15-12)20(17,18)16-5-6-19-10(2)9-16/h7-8,10H,3-6,9H2,1-2H3,(H,13,14,15). The van der Waals surface area contributed by atoms with E-state index in [9.17, 15) is 8.42 Å². The van der Waals surface area contributed by atoms with Gasteiger partial charge in [0.25, 0.3) is 0 Å². The summed E-state index contributed by atoms with van der Waals surface area (Å²) < 4.78 is 31.6. The molecule has 1 aliphatic rings. The number of aromatic nitrogens is 2. The molecule has 1 unspecified atom stereocenters. The molecular weight excluding hydrogens is 280 g/mol. The van der Waals surface area contributed by atoms with E-state index in [1.807, 2.05) is 13.8 Å². The van der Waals surface area contributed by atoms with Crippen LogP contribution in [0.25, 0.3) is 0 Å². The van der Waals surface area contributed by atoms with Crippen molar-refractivity contribution in [2.24, 2.45) is 0 Å². The molecule has 0 bridgehead atoms. The van der Waals surface area contributed by atoms with E-state index >= 15 is 0 Å². The van der Waals surface area contributed by atoms with Gasteiger partial charge < -0.3 is 10.1 Å².